The molecule has 0 spiro atoms. The third-order valence-corrected chi connectivity index (χ3v) is 7.05. The molecule has 194 valence electrons. The number of rotatable bonds is 6. The summed E-state index contributed by atoms with van der Waals surface area (Å²) in [7, 11) is 1.64. The molecule has 38 heavy (non-hydrogen) atoms. The molecular formula is C31H30FN3O3. The highest BCUT2D eigenvalue weighted by molar-refractivity contribution is 5.97. The van der Waals surface area contributed by atoms with Gasteiger partial charge in [0.2, 0.25) is 5.91 Å². The number of carbonyl (C=O) groups excluding carboxylic acids is 2. The van der Waals surface area contributed by atoms with Crippen LogP contribution in [-0.4, -0.2) is 59.5 Å². The normalized spacial score (nSPS) is 13.4. The minimum Gasteiger partial charge on any atom is -0.497 e. The molecule has 6 nitrogen and oxygen atoms in total. The maximum atomic E-state index is 13.7. The van der Waals surface area contributed by atoms with E-state index in [0.29, 0.717) is 31.7 Å². The summed E-state index contributed by atoms with van der Waals surface area (Å²) >= 11 is 0. The molecule has 0 atom stereocenters. The zero-order valence-corrected chi connectivity index (χ0v) is 21.6. The number of carbonyl (C=O) groups is 2. The number of piperazine rings is 1. The first-order valence-corrected chi connectivity index (χ1v) is 12.7. The van der Waals surface area contributed by atoms with Crippen LogP contribution >= 0.6 is 0 Å². The van der Waals surface area contributed by atoms with E-state index in [1.165, 1.54) is 12.1 Å². The number of benzene rings is 3. The molecule has 0 N–H and O–H groups in total. The van der Waals surface area contributed by atoms with E-state index in [4.69, 9.17) is 4.74 Å². The first-order valence-electron chi connectivity index (χ1n) is 12.7. The fourth-order valence-electron chi connectivity index (χ4n) is 4.95. The number of amides is 2. The minimum absolute atomic E-state index is 0.0181. The molecule has 4 aromatic rings. The predicted molar refractivity (Wildman–Crippen MR) is 145 cm³/mol. The number of ether oxygens (including phenoxy) is 1. The lowest BCUT2D eigenvalue weighted by Crippen LogP contribution is -2.51. The van der Waals surface area contributed by atoms with Gasteiger partial charge in [-0.15, -0.1) is 0 Å². The Morgan fingerprint density at radius 1 is 0.842 bits per heavy atom. The first-order chi connectivity index (χ1) is 18.4. The van der Waals surface area contributed by atoms with Gasteiger partial charge in [-0.3, -0.25) is 9.59 Å². The molecule has 0 radical (unpaired) electrons. The fraction of sp³-hybridized carbons (Fsp3) is 0.226. The lowest BCUT2D eigenvalue weighted by atomic mass is 10.1. The molecule has 2 amide bonds. The van der Waals surface area contributed by atoms with Gasteiger partial charge in [-0.1, -0.05) is 42.5 Å². The molecule has 3 aromatic carbocycles. The SMILES string of the molecule is COc1cccc(-c2cc(C(=O)N3CCN(C(=O)Cc4ccc(F)cc4)CC3)c(C)n2-c2ccccc2)c1. The van der Waals surface area contributed by atoms with E-state index >= 15 is 0 Å². The van der Waals surface area contributed by atoms with Gasteiger partial charge in [-0.05, 0) is 55.0 Å². The van der Waals surface area contributed by atoms with Crippen molar-refractivity contribution < 1.29 is 18.7 Å². The number of methoxy groups -OCH3 is 1. The van der Waals surface area contributed by atoms with E-state index in [9.17, 15) is 14.0 Å². The number of para-hydroxylation sites is 1. The molecule has 0 saturated carbocycles. The van der Waals surface area contributed by atoms with Crippen LogP contribution in [0.25, 0.3) is 16.9 Å². The van der Waals surface area contributed by atoms with Crippen LogP contribution in [-0.2, 0) is 11.2 Å². The number of nitrogens with zero attached hydrogens (tertiary/aromatic N) is 3. The molecule has 1 fully saturated rings. The molecule has 5 rings (SSSR count). The second-order valence-electron chi connectivity index (χ2n) is 9.41. The Kier molecular flexibility index (Phi) is 7.26. The van der Waals surface area contributed by atoms with Crippen LogP contribution in [0.1, 0.15) is 21.6 Å². The summed E-state index contributed by atoms with van der Waals surface area (Å²) in [6.45, 7) is 3.81. The highest BCUT2D eigenvalue weighted by Gasteiger charge is 2.28. The second-order valence-corrected chi connectivity index (χ2v) is 9.41. The summed E-state index contributed by atoms with van der Waals surface area (Å²) in [5.74, 6) is 0.358. The molecule has 0 bridgehead atoms. The molecule has 2 heterocycles. The number of aromatic nitrogens is 1. The Labute approximate surface area is 221 Å². The zero-order chi connectivity index (χ0) is 26.6. The summed E-state index contributed by atoms with van der Waals surface area (Å²) < 4.78 is 20.7. The standard InChI is InChI=1S/C31H30FN3O3/c1-22-28(21-29(24-7-6-10-27(20-24)38-2)35(22)26-8-4-3-5-9-26)31(37)34-17-15-33(16-18-34)30(36)19-23-11-13-25(32)14-12-23/h3-14,20-21H,15-19H2,1-2H3. The summed E-state index contributed by atoms with van der Waals surface area (Å²) in [5, 5.41) is 0. The Bertz CT molecular complexity index is 1440. The third-order valence-electron chi connectivity index (χ3n) is 7.05. The molecule has 1 aromatic heterocycles. The Morgan fingerprint density at radius 3 is 2.21 bits per heavy atom. The van der Waals surface area contributed by atoms with Crippen molar-refractivity contribution in [3.63, 3.8) is 0 Å². The summed E-state index contributed by atoms with van der Waals surface area (Å²) in [6, 6.07) is 25.7. The predicted octanol–water partition coefficient (Wildman–Crippen LogP) is 5.13. The highest BCUT2D eigenvalue weighted by atomic mass is 19.1. The lowest BCUT2D eigenvalue weighted by Gasteiger charge is -2.35. The molecule has 1 saturated heterocycles. The molecular weight excluding hydrogens is 481 g/mol. The maximum absolute atomic E-state index is 13.7. The Hall–Kier alpha value is -4.39. The van der Waals surface area contributed by atoms with Gasteiger partial charge in [0.15, 0.2) is 0 Å². The van der Waals surface area contributed by atoms with Gasteiger partial charge in [-0.25, -0.2) is 4.39 Å². The average molecular weight is 512 g/mol. The fourth-order valence-corrected chi connectivity index (χ4v) is 4.95. The van der Waals surface area contributed by atoms with Gasteiger partial charge in [-0.2, -0.15) is 0 Å². The van der Waals surface area contributed by atoms with Crippen molar-refractivity contribution in [2.24, 2.45) is 0 Å². The smallest absolute Gasteiger partial charge is 0.255 e. The van der Waals surface area contributed by atoms with Crippen LogP contribution in [0.5, 0.6) is 5.75 Å². The van der Waals surface area contributed by atoms with E-state index in [1.54, 1.807) is 24.1 Å². The van der Waals surface area contributed by atoms with Crippen molar-refractivity contribution in [3.8, 4) is 22.7 Å². The van der Waals surface area contributed by atoms with Gasteiger partial charge >= 0.3 is 0 Å². The first kappa shape index (κ1) is 25.3. The van der Waals surface area contributed by atoms with Crippen molar-refractivity contribution in [1.82, 2.24) is 14.4 Å². The third kappa shape index (κ3) is 5.18. The van der Waals surface area contributed by atoms with E-state index in [2.05, 4.69) is 4.57 Å². The maximum Gasteiger partial charge on any atom is 0.255 e. The van der Waals surface area contributed by atoms with E-state index in [0.717, 1.165) is 34.0 Å². The van der Waals surface area contributed by atoms with Crippen LogP contribution in [0.3, 0.4) is 0 Å². The largest absolute Gasteiger partial charge is 0.497 e. The monoisotopic (exact) mass is 511 g/mol. The van der Waals surface area contributed by atoms with Crippen molar-refractivity contribution in [2.75, 3.05) is 33.3 Å². The molecule has 1 aliphatic heterocycles. The molecule has 0 unspecified atom stereocenters. The van der Waals surface area contributed by atoms with Crippen LogP contribution < -0.4 is 4.74 Å². The molecule has 0 aliphatic carbocycles. The molecule has 7 heteroatoms. The van der Waals surface area contributed by atoms with Crippen molar-refractivity contribution in [1.29, 1.82) is 0 Å². The summed E-state index contributed by atoms with van der Waals surface area (Å²) in [6.07, 6.45) is 0.219. The summed E-state index contributed by atoms with van der Waals surface area (Å²) in [5.41, 5.74) is 5.10. The van der Waals surface area contributed by atoms with Gasteiger partial charge in [0.25, 0.3) is 5.91 Å². The minimum atomic E-state index is -0.320. The molecule has 1 aliphatic rings. The van der Waals surface area contributed by atoms with Gasteiger partial charge < -0.3 is 19.1 Å². The van der Waals surface area contributed by atoms with Gasteiger partial charge in [0, 0.05) is 43.1 Å². The van der Waals surface area contributed by atoms with Crippen LogP contribution in [0.2, 0.25) is 0 Å². The quantitative estimate of drug-likeness (QED) is 0.361. The number of hydrogen-bond donors (Lipinski definition) is 0. The number of hydrogen-bond acceptors (Lipinski definition) is 3. The van der Waals surface area contributed by atoms with Gasteiger partial charge in [0.05, 0.1) is 24.8 Å². The van der Waals surface area contributed by atoms with Crippen LogP contribution in [0.15, 0.2) is 84.9 Å². The highest BCUT2D eigenvalue weighted by Crippen LogP contribution is 2.32. The Balaban J connectivity index is 1.36. The lowest BCUT2D eigenvalue weighted by molar-refractivity contribution is -0.131. The van der Waals surface area contributed by atoms with E-state index in [-0.39, 0.29) is 24.1 Å². The number of halogens is 1. The van der Waals surface area contributed by atoms with Crippen LogP contribution in [0.4, 0.5) is 4.39 Å². The zero-order valence-electron chi connectivity index (χ0n) is 21.6. The van der Waals surface area contributed by atoms with E-state index < -0.39 is 0 Å². The van der Waals surface area contributed by atoms with Crippen molar-refractivity contribution in [3.05, 3.63) is 108 Å². The topological polar surface area (TPSA) is 54.8 Å². The van der Waals surface area contributed by atoms with Crippen LogP contribution in [0, 0.1) is 12.7 Å². The average Bonchev–Trinajstić information content (AvgIpc) is 3.31. The summed E-state index contributed by atoms with van der Waals surface area (Å²) in [4.78, 5) is 30.1. The van der Waals surface area contributed by atoms with E-state index in [1.807, 2.05) is 72.5 Å². The second kappa shape index (κ2) is 10.9. The van der Waals surface area contributed by atoms with Crippen molar-refractivity contribution in [2.45, 2.75) is 13.3 Å². The van der Waals surface area contributed by atoms with Crippen molar-refractivity contribution >= 4 is 11.8 Å². The van der Waals surface area contributed by atoms with Gasteiger partial charge in [0.1, 0.15) is 11.6 Å². The Morgan fingerprint density at radius 2 is 1.53 bits per heavy atom.